The van der Waals surface area contributed by atoms with Crippen LogP contribution in [0.1, 0.15) is 25.3 Å². The van der Waals surface area contributed by atoms with Crippen LogP contribution in [0.3, 0.4) is 0 Å². The van der Waals surface area contributed by atoms with E-state index < -0.39 is 0 Å². The molecule has 0 saturated heterocycles. The van der Waals surface area contributed by atoms with Crippen molar-refractivity contribution < 1.29 is 9.47 Å². The average molecular weight is 355 g/mol. The average Bonchev–Trinajstić information content (AvgIpc) is 3.06. The van der Waals surface area contributed by atoms with Crippen molar-refractivity contribution in [1.82, 2.24) is 9.55 Å². The van der Waals surface area contributed by atoms with E-state index in [1.165, 1.54) is 0 Å². The topological polar surface area (TPSA) is 36.3 Å². The number of rotatable bonds is 9. The fourth-order valence-corrected chi connectivity index (χ4v) is 2.35. The second-order valence-electron chi connectivity index (χ2n) is 4.93. The minimum Gasteiger partial charge on any atom is -0.476 e. The summed E-state index contributed by atoms with van der Waals surface area (Å²) in [4.78, 5) is 4.05. The highest BCUT2D eigenvalue weighted by molar-refractivity contribution is 6.35. The van der Waals surface area contributed by atoms with E-state index in [0.717, 1.165) is 25.0 Å². The fraction of sp³-hybridized carbons (Fsp3) is 0.353. The quantitative estimate of drug-likeness (QED) is 0.470. The van der Waals surface area contributed by atoms with E-state index >= 15 is 0 Å². The molecule has 0 N–H and O–H groups in total. The van der Waals surface area contributed by atoms with Crippen molar-refractivity contribution in [3.8, 4) is 0 Å². The van der Waals surface area contributed by atoms with Crippen LogP contribution in [0, 0.1) is 0 Å². The number of nitrogens with zero attached hydrogens (tertiary/aromatic N) is 2. The molecule has 0 aliphatic heterocycles. The van der Waals surface area contributed by atoms with Crippen molar-refractivity contribution >= 4 is 35.2 Å². The number of aromatic nitrogens is 2. The summed E-state index contributed by atoms with van der Waals surface area (Å²) in [5.74, 6) is 0.630. The molecule has 4 nitrogen and oxygen atoms in total. The predicted molar refractivity (Wildman–Crippen MR) is 94.5 cm³/mol. The SMILES string of the molecule is CCCCOCCOC(=Cc1ccc(Cl)cc1Cl)n1ccnc1. The number of hydrogen-bond donors (Lipinski definition) is 0. The molecule has 0 radical (unpaired) electrons. The van der Waals surface area contributed by atoms with Gasteiger partial charge in [0, 0.05) is 35.1 Å². The van der Waals surface area contributed by atoms with Crippen LogP contribution in [0.25, 0.3) is 12.0 Å². The first-order valence-electron chi connectivity index (χ1n) is 7.56. The van der Waals surface area contributed by atoms with Crippen LogP contribution in [-0.4, -0.2) is 29.4 Å². The van der Waals surface area contributed by atoms with E-state index in [2.05, 4.69) is 11.9 Å². The molecule has 2 aromatic rings. The molecule has 124 valence electrons. The second-order valence-corrected chi connectivity index (χ2v) is 5.78. The Balaban J connectivity index is 2.04. The van der Waals surface area contributed by atoms with Crippen LogP contribution in [0.4, 0.5) is 0 Å². The lowest BCUT2D eigenvalue weighted by Gasteiger charge is -2.12. The summed E-state index contributed by atoms with van der Waals surface area (Å²) < 4.78 is 13.1. The van der Waals surface area contributed by atoms with Crippen LogP contribution in [0.2, 0.25) is 10.0 Å². The molecule has 1 aromatic carbocycles. The zero-order valence-corrected chi connectivity index (χ0v) is 14.6. The smallest absolute Gasteiger partial charge is 0.199 e. The summed E-state index contributed by atoms with van der Waals surface area (Å²) in [7, 11) is 0. The van der Waals surface area contributed by atoms with Crippen molar-refractivity contribution in [1.29, 1.82) is 0 Å². The van der Waals surface area contributed by atoms with Crippen molar-refractivity contribution in [2.45, 2.75) is 19.8 Å². The Hall–Kier alpha value is -1.49. The van der Waals surface area contributed by atoms with Crippen molar-refractivity contribution in [3.63, 3.8) is 0 Å². The maximum absolute atomic E-state index is 6.22. The van der Waals surface area contributed by atoms with Crippen LogP contribution < -0.4 is 0 Å². The molecule has 23 heavy (non-hydrogen) atoms. The van der Waals surface area contributed by atoms with E-state index in [-0.39, 0.29) is 0 Å². The number of ether oxygens (including phenoxy) is 2. The van der Waals surface area contributed by atoms with Crippen molar-refractivity contribution in [3.05, 3.63) is 52.5 Å². The standard InChI is InChI=1S/C17H20Cl2N2O2/c1-2-3-8-22-9-10-23-17(21-7-6-20-13-21)11-14-4-5-15(18)12-16(14)19/h4-7,11-13H,2-3,8-10H2,1H3. The fourth-order valence-electron chi connectivity index (χ4n) is 1.89. The molecule has 0 aliphatic rings. The van der Waals surface area contributed by atoms with E-state index in [1.54, 1.807) is 29.2 Å². The van der Waals surface area contributed by atoms with E-state index in [0.29, 0.717) is 29.1 Å². The first kappa shape index (κ1) is 17.9. The van der Waals surface area contributed by atoms with Crippen molar-refractivity contribution in [2.75, 3.05) is 19.8 Å². The van der Waals surface area contributed by atoms with E-state index in [4.69, 9.17) is 32.7 Å². The summed E-state index contributed by atoms with van der Waals surface area (Å²) in [6, 6.07) is 5.34. The summed E-state index contributed by atoms with van der Waals surface area (Å²) in [5, 5.41) is 1.17. The van der Waals surface area contributed by atoms with Gasteiger partial charge < -0.3 is 9.47 Å². The van der Waals surface area contributed by atoms with Gasteiger partial charge in [0.2, 0.25) is 0 Å². The van der Waals surface area contributed by atoms with Gasteiger partial charge in [0.25, 0.3) is 0 Å². The lowest BCUT2D eigenvalue weighted by atomic mass is 10.2. The molecular weight excluding hydrogens is 335 g/mol. The summed E-state index contributed by atoms with van der Waals surface area (Å²) >= 11 is 12.1. The molecule has 1 heterocycles. The molecule has 0 fully saturated rings. The van der Waals surface area contributed by atoms with Gasteiger partial charge >= 0.3 is 0 Å². The largest absolute Gasteiger partial charge is 0.476 e. The summed E-state index contributed by atoms with van der Waals surface area (Å²) in [5.41, 5.74) is 0.826. The Kier molecular flexibility index (Phi) is 7.46. The molecule has 0 spiro atoms. The highest BCUT2D eigenvalue weighted by Gasteiger charge is 2.05. The molecule has 0 unspecified atom stereocenters. The third-order valence-electron chi connectivity index (χ3n) is 3.12. The normalized spacial score (nSPS) is 11.7. The molecule has 0 amide bonds. The Morgan fingerprint density at radius 2 is 2.13 bits per heavy atom. The van der Waals surface area contributed by atoms with Gasteiger partial charge in [-0.25, -0.2) is 4.98 Å². The van der Waals surface area contributed by atoms with Crippen LogP contribution in [-0.2, 0) is 9.47 Å². The van der Waals surface area contributed by atoms with Gasteiger partial charge in [-0.15, -0.1) is 0 Å². The van der Waals surface area contributed by atoms with Crippen LogP contribution in [0.5, 0.6) is 0 Å². The lowest BCUT2D eigenvalue weighted by molar-refractivity contribution is 0.0866. The third-order valence-corrected chi connectivity index (χ3v) is 3.68. The molecule has 1 aromatic heterocycles. The molecular formula is C17H20Cl2N2O2. The number of hydrogen-bond acceptors (Lipinski definition) is 3. The number of benzene rings is 1. The Labute approximate surface area is 146 Å². The Morgan fingerprint density at radius 3 is 2.83 bits per heavy atom. The summed E-state index contributed by atoms with van der Waals surface area (Å²) in [6.45, 7) is 3.89. The van der Waals surface area contributed by atoms with Gasteiger partial charge in [-0.3, -0.25) is 4.57 Å². The maximum atomic E-state index is 6.22. The van der Waals surface area contributed by atoms with Gasteiger partial charge in [0.05, 0.1) is 6.61 Å². The van der Waals surface area contributed by atoms with Gasteiger partial charge in [0.15, 0.2) is 5.88 Å². The first-order chi connectivity index (χ1) is 11.2. The Morgan fingerprint density at radius 1 is 1.26 bits per heavy atom. The molecule has 2 rings (SSSR count). The van der Waals surface area contributed by atoms with Gasteiger partial charge in [-0.2, -0.15) is 0 Å². The molecule has 0 aliphatic carbocycles. The third kappa shape index (κ3) is 5.90. The van der Waals surface area contributed by atoms with E-state index in [9.17, 15) is 0 Å². The Bertz CT molecular complexity index is 628. The zero-order chi connectivity index (χ0) is 16.5. The lowest BCUT2D eigenvalue weighted by Crippen LogP contribution is -2.07. The first-order valence-corrected chi connectivity index (χ1v) is 8.32. The van der Waals surface area contributed by atoms with Gasteiger partial charge in [0.1, 0.15) is 12.9 Å². The van der Waals surface area contributed by atoms with Crippen LogP contribution in [0.15, 0.2) is 36.9 Å². The zero-order valence-electron chi connectivity index (χ0n) is 13.0. The minimum atomic E-state index is 0.457. The summed E-state index contributed by atoms with van der Waals surface area (Å²) in [6.07, 6.45) is 9.21. The minimum absolute atomic E-state index is 0.457. The monoisotopic (exact) mass is 354 g/mol. The molecule has 0 saturated carbocycles. The van der Waals surface area contributed by atoms with Gasteiger partial charge in [-0.1, -0.05) is 42.6 Å². The number of unbranched alkanes of at least 4 members (excludes halogenated alkanes) is 1. The number of halogens is 2. The second kappa shape index (κ2) is 9.60. The van der Waals surface area contributed by atoms with E-state index in [1.807, 2.05) is 18.3 Å². The number of imidazole rings is 1. The van der Waals surface area contributed by atoms with Crippen molar-refractivity contribution in [2.24, 2.45) is 0 Å². The molecule has 6 heteroatoms. The highest BCUT2D eigenvalue weighted by Crippen LogP contribution is 2.24. The predicted octanol–water partition coefficient (Wildman–Crippen LogP) is 4.98. The molecule has 0 bridgehead atoms. The maximum Gasteiger partial charge on any atom is 0.199 e. The van der Waals surface area contributed by atoms with Crippen LogP contribution >= 0.6 is 23.2 Å². The highest BCUT2D eigenvalue weighted by atomic mass is 35.5. The van der Waals surface area contributed by atoms with Gasteiger partial charge in [-0.05, 0) is 24.1 Å². The molecule has 0 atom stereocenters.